The molecule has 0 aliphatic carbocycles. The minimum Gasteiger partial charge on any atom is -0.345 e. The van der Waals surface area contributed by atoms with E-state index in [1.54, 1.807) is 18.9 Å². The van der Waals surface area contributed by atoms with Crippen LogP contribution in [-0.4, -0.2) is 56.0 Å². The number of amides is 1. The van der Waals surface area contributed by atoms with Crippen LogP contribution in [0.15, 0.2) is 0 Å². The summed E-state index contributed by atoms with van der Waals surface area (Å²) < 4.78 is 24.3. The lowest BCUT2D eigenvalue weighted by atomic mass is 10.4. The highest BCUT2D eigenvalue weighted by Crippen LogP contribution is 2.08. The largest absolute Gasteiger partial charge is 0.345 e. The molecule has 14 heavy (non-hydrogen) atoms. The van der Waals surface area contributed by atoms with Crippen molar-refractivity contribution in [2.45, 2.75) is 13.3 Å². The van der Waals surface area contributed by atoms with E-state index >= 15 is 0 Å². The summed E-state index contributed by atoms with van der Waals surface area (Å²) in [5.41, 5.74) is 0. The molecule has 0 unspecified atom stereocenters. The van der Waals surface area contributed by atoms with Crippen molar-refractivity contribution in [1.29, 1.82) is 0 Å². The smallest absolute Gasteiger partial charge is 0.237 e. The van der Waals surface area contributed by atoms with Crippen molar-refractivity contribution in [3.8, 4) is 0 Å². The van der Waals surface area contributed by atoms with Crippen molar-refractivity contribution in [3.05, 3.63) is 0 Å². The lowest BCUT2D eigenvalue weighted by molar-refractivity contribution is -0.129. The number of sulfonamides is 1. The predicted molar refractivity (Wildman–Crippen MR) is 53.3 cm³/mol. The van der Waals surface area contributed by atoms with Gasteiger partial charge in [0.05, 0.1) is 12.3 Å². The zero-order valence-electron chi connectivity index (χ0n) is 8.56. The monoisotopic (exact) mass is 220 g/mol. The number of carbonyl (C=O) groups excluding carboxylic acids is 1. The van der Waals surface area contributed by atoms with Gasteiger partial charge in [-0.1, -0.05) is 0 Å². The van der Waals surface area contributed by atoms with Gasteiger partial charge in [-0.3, -0.25) is 4.79 Å². The first-order valence-corrected chi connectivity index (χ1v) is 6.30. The van der Waals surface area contributed by atoms with E-state index in [1.807, 2.05) is 0 Å². The zero-order chi connectivity index (χ0) is 10.8. The number of nitrogens with zero attached hydrogens (tertiary/aromatic N) is 2. The molecule has 0 N–H and O–H groups in total. The average Bonchev–Trinajstić information content (AvgIpc) is 2.30. The molecule has 1 amide bonds. The Morgan fingerprint density at radius 2 is 2.00 bits per heavy atom. The fraction of sp³-hybridized carbons (Fsp3) is 0.875. The molecular formula is C8H16N2O3S. The first kappa shape index (κ1) is 11.5. The van der Waals surface area contributed by atoms with Crippen LogP contribution in [-0.2, 0) is 14.8 Å². The lowest BCUT2D eigenvalue weighted by Gasteiger charge is -2.18. The Hall–Kier alpha value is -0.620. The van der Waals surface area contributed by atoms with Gasteiger partial charge in [0.2, 0.25) is 15.9 Å². The zero-order valence-corrected chi connectivity index (χ0v) is 9.38. The second-order valence-corrected chi connectivity index (χ2v) is 5.66. The molecule has 0 spiro atoms. The van der Waals surface area contributed by atoms with Crippen LogP contribution in [0, 0.1) is 0 Å². The quantitative estimate of drug-likeness (QED) is 0.630. The van der Waals surface area contributed by atoms with Crippen LogP contribution in [0.2, 0.25) is 0 Å². The van der Waals surface area contributed by atoms with Gasteiger partial charge in [-0.05, 0) is 13.3 Å². The lowest BCUT2D eigenvalue weighted by Crippen LogP contribution is -2.38. The molecule has 5 nitrogen and oxygen atoms in total. The fourth-order valence-electron chi connectivity index (χ4n) is 1.38. The summed E-state index contributed by atoms with van der Waals surface area (Å²) in [6, 6.07) is 0. The van der Waals surface area contributed by atoms with E-state index in [4.69, 9.17) is 0 Å². The van der Waals surface area contributed by atoms with Gasteiger partial charge in [-0.2, -0.15) is 4.31 Å². The van der Waals surface area contributed by atoms with E-state index in [-0.39, 0.29) is 18.2 Å². The van der Waals surface area contributed by atoms with Gasteiger partial charge in [-0.15, -0.1) is 0 Å². The van der Waals surface area contributed by atoms with Gasteiger partial charge in [0, 0.05) is 20.1 Å². The van der Waals surface area contributed by atoms with Crippen molar-refractivity contribution < 1.29 is 13.2 Å². The molecule has 0 bridgehead atoms. The normalized spacial score (nSPS) is 21.0. The molecule has 1 aliphatic heterocycles. The number of hydrogen-bond acceptors (Lipinski definition) is 3. The van der Waals surface area contributed by atoms with Crippen LogP contribution in [0.3, 0.4) is 0 Å². The van der Waals surface area contributed by atoms with Crippen molar-refractivity contribution in [3.63, 3.8) is 0 Å². The predicted octanol–water partition coefficient (Wildman–Crippen LogP) is -0.500. The Kier molecular flexibility index (Phi) is 3.49. The molecule has 0 aromatic rings. The Balaban J connectivity index is 2.78. The third-order valence-corrected chi connectivity index (χ3v) is 4.22. The maximum atomic E-state index is 11.5. The first-order valence-electron chi connectivity index (χ1n) is 4.69. The molecule has 1 fully saturated rings. The maximum Gasteiger partial charge on any atom is 0.237 e. The molecule has 0 aromatic heterocycles. The minimum absolute atomic E-state index is 0.00727. The van der Waals surface area contributed by atoms with Crippen LogP contribution in [0.1, 0.15) is 13.3 Å². The first-order chi connectivity index (χ1) is 6.47. The summed E-state index contributed by atoms with van der Waals surface area (Å²) in [6.45, 7) is 2.67. The number of carbonyl (C=O) groups is 1. The maximum absolute atomic E-state index is 11.5. The van der Waals surface area contributed by atoms with Crippen molar-refractivity contribution >= 4 is 15.9 Å². The number of hydrogen-bond donors (Lipinski definition) is 0. The van der Waals surface area contributed by atoms with E-state index in [0.29, 0.717) is 19.5 Å². The van der Waals surface area contributed by atoms with Gasteiger partial charge in [-0.25, -0.2) is 8.42 Å². The Bertz CT molecular complexity index is 313. The summed E-state index contributed by atoms with van der Waals surface area (Å²) >= 11 is 0. The second kappa shape index (κ2) is 4.27. The highest BCUT2D eigenvalue weighted by molar-refractivity contribution is 7.89. The SMILES string of the molecule is CCS(=O)(=O)N1CCCN(C)C(=O)C1. The molecule has 0 saturated carbocycles. The highest BCUT2D eigenvalue weighted by atomic mass is 32.2. The molecule has 0 atom stereocenters. The molecule has 1 aliphatic rings. The molecule has 0 aromatic carbocycles. The summed E-state index contributed by atoms with van der Waals surface area (Å²) in [4.78, 5) is 13.0. The van der Waals surface area contributed by atoms with Crippen LogP contribution in [0.4, 0.5) is 0 Å². The van der Waals surface area contributed by atoms with Crippen LogP contribution < -0.4 is 0 Å². The van der Waals surface area contributed by atoms with Crippen LogP contribution in [0.25, 0.3) is 0 Å². The Morgan fingerprint density at radius 1 is 1.36 bits per heavy atom. The standard InChI is InChI=1S/C8H16N2O3S/c1-3-14(12,13)10-6-4-5-9(2)8(11)7-10/h3-7H2,1-2H3. The van der Waals surface area contributed by atoms with Gasteiger partial charge in [0.1, 0.15) is 0 Å². The summed E-state index contributed by atoms with van der Waals surface area (Å²) in [7, 11) is -1.52. The third kappa shape index (κ3) is 2.45. The van der Waals surface area contributed by atoms with Gasteiger partial charge in [0.15, 0.2) is 0 Å². The number of likely N-dealkylation sites (N-methyl/N-ethyl adjacent to an activating group) is 1. The Labute approximate surface area is 84.7 Å². The molecule has 1 saturated heterocycles. The Morgan fingerprint density at radius 3 is 2.57 bits per heavy atom. The minimum atomic E-state index is -3.22. The van der Waals surface area contributed by atoms with E-state index in [9.17, 15) is 13.2 Å². The summed E-state index contributed by atoms with van der Waals surface area (Å²) in [5, 5.41) is 0. The molecule has 0 radical (unpaired) electrons. The van der Waals surface area contributed by atoms with E-state index in [2.05, 4.69) is 0 Å². The molecule has 82 valence electrons. The van der Waals surface area contributed by atoms with E-state index < -0.39 is 10.0 Å². The van der Waals surface area contributed by atoms with Crippen molar-refractivity contribution in [1.82, 2.24) is 9.21 Å². The molecule has 1 heterocycles. The van der Waals surface area contributed by atoms with Crippen molar-refractivity contribution in [2.24, 2.45) is 0 Å². The molecule has 6 heteroatoms. The topological polar surface area (TPSA) is 57.7 Å². The van der Waals surface area contributed by atoms with E-state index in [1.165, 1.54) is 4.31 Å². The van der Waals surface area contributed by atoms with Gasteiger partial charge < -0.3 is 4.90 Å². The highest BCUT2D eigenvalue weighted by Gasteiger charge is 2.26. The second-order valence-electron chi connectivity index (χ2n) is 3.40. The number of rotatable bonds is 2. The average molecular weight is 220 g/mol. The molecular weight excluding hydrogens is 204 g/mol. The fourth-order valence-corrected chi connectivity index (χ4v) is 2.46. The van der Waals surface area contributed by atoms with Crippen LogP contribution in [0.5, 0.6) is 0 Å². The summed E-state index contributed by atoms with van der Waals surface area (Å²) in [5.74, 6) is -0.0659. The third-order valence-electron chi connectivity index (χ3n) is 2.40. The van der Waals surface area contributed by atoms with Gasteiger partial charge in [0.25, 0.3) is 0 Å². The molecule has 1 rings (SSSR count). The summed E-state index contributed by atoms with van der Waals surface area (Å²) in [6.07, 6.45) is 0.710. The van der Waals surface area contributed by atoms with E-state index in [0.717, 1.165) is 0 Å². The van der Waals surface area contributed by atoms with Gasteiger partial charge >= 0.3 is 0 Å². The van der Waals surface area contributed by atoms with Crippen LogP contribution >= 0.6 is 0 Å². The van der Waals surface area contributed by atoms with Crippen molar-refractivity contribution in [2.75, 3.05) is 32.4 Å².